The van der Waals surface area contributed by atoms with Crippen LogP contribution >= 0.6 is 0 Å². The average molecular weight is 271 g/mol. The van der Waals surface area contributed by atoms with Gasteiger partial charge in [-0.3, -0.25) is 9.69 Å². The molecule has 0 radical (unpaired) electrons. The zero-order valence-electron chi connectivity index (χ0n) is 11.9. The predicted octanol–water partition coefficient (Wildman–Crippen LogP) is 2.34. The smallest absolute Gasteiger partial charge is 0.253 e. The predicted molar refractivity (Wildman–Crippen MR) is 80.9 cm³/mol. The Labute approximate surface area is 119 Å². The first-order chi connectivity index (χ1) is 9.78. The van der Waals surface area contributed by atoms with E-state index >= 15 is 0 Å². The molecule has 1 aromatic carbocycles. The van der Waals surface area contributed by atoms with Gasteiger partial charge in [-0.25, -0.2) is 0 Å². The van der Waals surface area contributed by atoms with Crippen molar-refractivity contribution in [1.29, 1.82) is 0 Å². The molecule has 0 saturated carbocycles. The number of piperazine rings is 1. The molecule has 1 aromatic heterocycles. The number of nitrogens with zero attached hydrogens (tertiary/aromatic N) is 2. The van der Waals surface area contributed by atoms with Crippen LogP contribution in [0.15, 0.2) is 30.5 Å². The number of carbonyl (C=O) groups excluding carboxylic acids is 1. The van der Waals surface area contributed by atoms with Crippen molar-refractivity contribution in [3.05, 3.63) is 36.0 Å². The third-order valence-corrected chi connectivity index (χ3v) is 4.00. The second-order valence-electron chi connectivity index (χ2n) is 5.41. The lowest BCUT2D eigenvalue weighted by Crippen LogP contribution is -2.48. The number of carbonyl (C=O) groups is 1. The van der Waals surface area contributed by atoms with E-state index in [1.807, 2.05) is 35.4 Å². The van der Waals surface area contributed by atoms with Gasteiger partial charge < -0.3 is 9.88 Å². The molecule has 1 aliphatic heterocycles. The standard InChI is InChI=1S/C16H21N3O/c1-2-7-18-8-10-19(11-9-18)16(20)14-3-4-15-13(12-14)5-6-17-15/h3-6,12,17H,2,7-11H2,1H3. The minimum absolute atomic E-state index is 0.157. The number of benzene rings is 1. The van der Waals surface area contributed by atoms with E-state index in [0.29, 0.717) is 0 Å². The van der Waals surface area contributed by atoms with Crippen LogP contribution in [0.1, 0.15) is 23.7 Å². The van der Waals surface area contributed by atoms with Crippen LogP contribution in [-0.4, -0.2) is 53.4 Å². The van der Waals surface area contributed by atoms with E-state index in [1.165, 1.54) is 6.42 Å². The summed E-state index contributed by atoms with van der Waals surface area (Å²) in [4.78, 5) is 20.1. The summed E-state index contributed by atoms with van der Waals surface area (Å²) in [7, 11) is 0. The topological polar surface area (TPSA) is 39.3 Å². The highest BCUT2D eigenvalue weighted by molar-refractivity contribution is 5.98. The molecule has 2 aromatic rings. The van der Waals surface area contributed by atoms with E-state index in [0.717, 1.165) is 49.2 Å². The van der Waals surface area contributed by atoms with E-state index < -0.39 is 0 Å². The Kier molecular flexibility index (Phi) is 3.74. The first-order valence-corrected chi connectivity index (χ1v) is 7.36. The summed E-state index contributed by atoms with van der Waals surface area (Å²) in [6, 6.07) is 7.88. The van der Waals surface area contributed by atoms with E-state index in [1.54, 1.807) is 0 Å². The Morgan fingerprint density at radius 3 is 2.75 bits per heavy atom. The molecule has 4 nitrogen and oxygen atoms in total. The molecule has 4 heteroatoms. The normalized spacial score (nSPS) is 16.8. The van der Waals surface area contributed by atoms with Gasteiger partial charge in [0.1, 0.15) is 0 Å². The Bertz CT molecular complexity index is 597. The molecule has 20 heavy (non-hydrogen) atoms. The second-order valence-corrected chi connectivity index (χ2v) is 5.41. The summed E-state index contributed by atoms with van der Waals surface area (Å²) in [6.07, 6.45) is 3.08. The third-order valence-electron chi connectivity index (χ3n) is 4.00. The Balaban J connectivity index is 1.69. The molecule has 0 aliphatic carbocycles. The SMILES string of the molecule is CCCN1CCN(C(=O)c2ccc3[nH]ccc3c2)CC1. The molecule has 1 N–H and O–H groups in total. The summed E-state index contributed by atoms with van der Waals surface area (Å²) >= 11 is 0. The number of fused-ring (bicyclic) bond motifs is 1. The second kappa shape index (κ2) is 5.67. The molecule has 1 amide bonds. The minimum Gasteiger partial charge on any atom is -0.361 e. The van der Waals surface area contributed by atoms with Gasteiger partial charge in [-0.2, -0.15) is 0 Å². The molecule has 0 bridgehead atoms. The lowest BCUT2D eigenvalue weighted by molar-refractivity contribution is 0.0637. The van der Waals surface area contributed by atoms with Crippen LogP contribution in [0.4, 0.5) is 0 Å². The maximum atomic E-state index is 12.5. The number of hydrogen-bond donors (Lipinski definition) is 1. The summed E-state index contributed by atoms with van der Waals surface area (Å²) < 4.78 is 0. The van der Waals surface area contributed by atoms with Crippen molar-refractivity contribution < 1.29 is 4.79 Å². The van der Waals surface area contributed by atoms with Crippen molar-refractivity contribution in [3.8, 4) is 0 Å². The van der Waals surface area contributed by atoms with Gasteiger partial charge in [0.15, 0.2) is 0 Å². The molecule has 0 atom stereocenters. The molecule has 1 fully saturated rings. The maximum Gasteiger partial charge on any atom is 0.253 e. The number of aromatic nitrogens is 1. The monoisotopic (exact) mass is 271 g/mol. The van der Waals surface area contributed by atoms with Gasteiger partial charge in [0.05, 0.1) is 0 Å². The van der Waals surface area contributed by atoms with Gasteiger partial charge >= 0.3 is 0 Å². The van der Waals surface area contributed by atoms with Gasteiger partial charge in [-0.15, -0.1) is 0 Å². The number of rotatable bonds is 3. The average Bonchev–Trinajstić information content (AvgIpc) is 2.95. The molecule has 106 valence electrons. The highest BCUT2D eigenvalue weighted by atomic mass is 16.2. The number of hydrogen-bond acceptors (Lipinski definition) is 2. The fourth-order valence-electron chi connectivity index (χ4n) is 2.86. The molecule has 2 heterocycles. The van der Waals surface area contributed by atoms with Gasteiger partial charge in [0.2, 0.25) is 0 Å². The van der Waals surface area contributed by atoms with Crippen molar-refractivity contribution >= 4 is 16.8 Å². The fourth-order valence-corrected chi connectivity index (χ4v) is 2.86. The van der Waals surface area contributed by atoms with Gasteiger partial charge in [0.25, 0.3) is 5.91 Å². The van der Waals surface area contributed by atoms with Crippen LogP contribution in [0, 0.1) is 0 Å². The zero-order chi connectivity index (χ0) is 13.9. The van der Waals surface area contributed by atoms with Crippen LogP contribution in [0.5, 0.6) is 0 Å². The van der Waals surface area contributed by atoms with Crippen molar-refractivity contribution in [2.75, 3.05) is 32.7 Å². The molecular formula is C16H21N3O. The van der Waals surface area contributed by atoms with Crippen molar-refractivity contribution in [2.45, 2.75) is 13.3 Å². The van der Waals surface area contributed by atoms with E-state index in [4.69, 9.17) is 0 Å². The van der Waals surface area contributed by atoms with Crippen LogP contribution in [-0.2, 0) is 0 Å². The number of aromatic amines is 1. The van der Waals surface area contributed by atoms with Gasteiger partial charge in [-0.05, 0) is 37.2 Å². The van der Waals surface area contributed by atoms with E-state index in [-0.39, 0.29) is 5.91 Å². The molecule has 0 unspecified atom stereocenters. The fraction of sp³-hybridized carbons (Fsp3) is 0.438. The number of H-pyrrole nitrogens is 1. The molecule has 1 aliphatic rings. The first kappa shape index (κ1) is 13.2. The molecule has 1 saturated heterocycles. The lowest BCUT2D eigenvalue weighted by Gasteiger charge is -2.34. The maximum absolute atomic E-state index is 12.5. The summed E-state index contributed by atoms with van der Waals surface area (Å²) in [6.45, 7) is 6.99. The van der Waals surface area contributed by atoms with Crippen molar-refractivity contribution in [1.82, 2.24) is 14.8 Å². The van der Waals surface area contributed by atoms with Crippen molar-refractivity contribution in [2.24, 2.45) is 0 Å². The zero-order valence-corrected chi connectivity index (χ0v) is 11.9. The van der Waals surface area contributed by atoms with Crippen LogP contribution in [0.2, 0.25) is 0 Å². The van der Waals surface area contributed by atoms with Crippen LogP contribution in [0.3, 0.4) is 0 Å². The van der Waals surface area contributed by atoms with Crippen LogP contribution in [0.25, 0.3) is 10.9 Å². The van der Waals surface area contributed by atoms with Crippen molar-refractivity contribution in [3.63, 3.8) is 0 Å². The lowest BCUT2D eigenvalue weighted by atomic mass is 10.1. The highest BCUT2D eigenvalue weighted by Crippen LogP contribution is 2.16. The highest BCUT2D eigenvalue weighted by Gasteiger charge is 2.21. The summed E-state index contributed by atoms with van der Waals surface area (Å²) in [5, 5.41) is 1.10. The Morgan fingerprint density at radius 1 is 1.20 bits per heavy atom. The third kappa shape index (κ3) is 2.56. The number of nitrogens with one attached hydrogen (secondary N) is 1. The van der Waals surface area contributed by atoms with Gasteiger partial charge in [-0.1, -0.05) is 6.92 Å². The quantitative estimate of drug-likeness (QED) is 0.930. The van der Waals surface area contributed by atoms with Crippen LogP contribution < -0.4 is 0 Å². The molecule has 0 spiro atoms. The van der Waals surface area contributed by atoms with E-state index in [2.05, 4.69) is 16.8 Å². The van der Waals surface area contributed by atoms with Gasteiger partial charge in [0, 0.05) is 48.8 Å². The first-order valence-electron chi connectivity index (χ1n) is 7.36. The summed E-state index contributed by atoms with van der Waals surface area (Å²) in [5.41, 5.74) is 1.87. The molecule has 3 rings (SSSR count). The molecular weight excluding hydrogens is 250 g/mol. The summed E-state index contributed by atoms with van der Waals surface area (Å²) in [5.74, 6) is 0.157. The largest absolute Gasteiger partial charge is 0.361 e. The van der Waals surface area contributed by atoms with E-state index in [9.17, 15) is 4.79 Å². The number of amides is 1. The minimum atomic E-state index is 0.157. The Hall–Kier alpha value is -1.81. The Morgan fingerprint density at radius 2 is 2.00 bits per heavy atom.